The Morgan fingerprint density at radius 3 is 2.58 bits per heavy atom. The number of carbonyl (C=O) groups is 1. The number of aromatic nitrogens is 2. The summed E-state index contributed by atoms with van der Waals surface area (Å²) in [5.74, 6) is 1.34. The quantitative estimate of drug-likeness (QED) is 0.466. The van der Waals surface area contributed by atoms with Crippen LogP contribution in [0, 0.1) is 6.92 Å². The van der Waals surface area contributed by atoms with Gasteiger partial charge in [-0.25, -0.2) is 4.98 Å². The second-order valence-electron chi connectivity index (χ2n) is 7.36. The topological polar surface area (TPSA) is 64.9 Å². The zero-order valence-electron chi connectivity index (χ0n) is 17.9. The lowest BCUT2D eigenvalue weighted by Crippen LogP contribution is -2.13. The van der Waals surface area contributed by atoms with E-state index in [1.165, 1.54) is 0 Å². The highest BCUT2D eigenvalue weighted by molar-refractivity contribution is 5.93. The van der Waals surface area contributed by atoms with Crippen molar-refractivity contribution in [2.75, 3.05) is 19.5 Å². The third-order valence-corrected chi connectivity index (χ3v) is 5.25. The third kappa shape index (κ3) is 4.53. The number of nitrogens with one attached hydrogen (secondary N) is 1. The number of amides is 1. The first-order valence-electron chi connectivity index (χ1n) is 10.1. The number of carbonyl (C=O) groups excluding carboxylic acids is 1. The summed E-state index contributed by atoms with van der Waals surface area (Å²) in [4.78, 5) is 17.3. The van der Waals surface area contributed by atoms with Crippen LogP contribution < -0.4 is 14.8 Å². The molecule has 2 aromatic carbocycles. The molecule has 2 aromatic heterocycles. The average molecular weight is 415 g/mol. The van der Waals surface area contributed by atoms with Gasteiger partial charge in [-0.2, -0.15) is 0 Å². The fraction of sp³-hybridized carbons (Fsp3) is 0.200. The Hall–Kier alpha value is -3.80. The smallest absolute Gasteiger partial charge is 0.224 e. The van der Waals surface area contributed by atoms with Crippen molar-refractivity contribution in [3.8, 4) is 22.8 Å². The SMILES string of the molecule is COc1ccc(CCC(=O)Nc2cc(-c3cn4cccc(C)c4n3)ccc2OC)cc1. The molecule has 4 rings (SSSR count). The van der Waals surface area contributed by atoms with E-state index in [1.807, 2.05) is 78.3 Å². The molecule has 0 aliphatic carbocycles. The van der Waals surface area contributed by atoms with Gasteiger partial charge in [0.1, 0.15) is 17.1 Å². The number of imidazole rings is 1. The average Bonchev–Trinajstić information content (AvgIpc) is 3.24. The van der Waals surface area contributed by atoms with Crippen molar-refractivity contribution in [2.24, 2.45) is 0 Å². The predicted molar refractivity (Wildman–Crippen MR) is 122 cm³/mol. The van der Waals surface area contributed by atoms with Crippen molar-refractivity contribution in [3.63, 3.8) is 0 Å². The van der Waals surface area contributed by atoms with Crippen LogP contribution in [-0.2, 0) is 11.2 Å². The molecule has 0 saturated carbocycles. The molecule has 0 unspecified atom stereocenters. The van der Waals surface area contributed by atoms with Crippen molar-refractivity contribution in [3.05, 3.63) is 78.1 Å². The van der Waals surface area contributed by atoms with Gasteiger partial charge in [0.05, 0.1) is 25.6 Å². The number of aryl methyl sites for hydroxylation is 2. The molecule has 1 N–H and O–H groups in total. The zero-order chi connectivity index (χ0) is 21.8. The van der Waals surface area contributed by atoms with Crippen molar-refractivity contribution in [1.29, 1.82) is 0 Å². The van der Waals surface area contributed by atoms with Crippen LogP contribution in [0.1, 0.15) is 17.5 Å². The Morgan fingerprint density at radius 2 is 1.87 bits per heavy atom. The van der Waals surface area contributed by atoms with Crippen LogP contribution in [0.15, 0.2) is 67.0 Å². The Labute approximate surface area is 181 Å². The first kappa shape index (κ1) is 20.5. The molecule has 6 nitrogen and oxygen atoms in total. The summed E-state index contributed by atoms with van der Waals surface area (Å²) < 4.78 is 12.6. The summed E-state index contributed by atoms with van der Waals surface area (Å²) >= 11 is 0. The molecule has 31 heavy (non-hydrogen) atoms. The summed E-state index contributed by atoms with van der Waals surface area (Å²) in [6, 6.07) is 17.5. The van der Waals surface area contributed by atoms with Gasteiger partial charge in [0.15, 0.2) is 0 Å². The first-order chi connectivity index (χ1) is 15.1. The largest absolute Gasteiger partial charge is 0.497 e. The van der Waals surface area contributed by atoms with E-state index in [4.69, 9.17) is 14.5 Å². The molecule has 2 heterocycles. The Kier molecular flexibility index (Phi) is 5.89. The van der Waals surface area contributed by atoms with Crippen LogP contribution in [0.4, 0.5) is 5.69 Å². The maximum absolute atomic E-state index is 12.6. The summed E-state index contributed by atoms with van der Waals surface area (Å²) in [6.45, 7) is 2.04. The van der Waals surface area contributed by atoms with E-state index >= 15 is 0 Å². The number of fused-ring (bicyclic) bond motifs is 1. The standard InChI is InChI=1S/C25H25N3O3/c1-17-5-4-14-28-16-22(27-25(17)28)19-9-12-23(31-3)21(15-19)26-24(29)13-8-18-6-10-20(30-2)11-7-18/h4-7,9-12,14-16H,8,13H2,1-3H3,(H,26,29). The summed E-state index contributed by atoms with van der Waals surface area (Å²) in [7, 11) is 3.23. The molecule has 0 aliphatic heterocycles. The van der Waals surface area contributed by atoms with E-state index in [2.05, 4.69) is 5.32 Å². The number of anilines is 1. The van der Waals surface area contributed by atoms with Crippen LogP contribution >= 0.6 is 0 Å². The maximum atomic E-state index is 12.6. The second-order valence-corrected chi connectivity index (χ2v) is 7.36. The minimum Gasteiger partial charge on any atom is -0.497 e. The molecule has 0 radical (unpaired) electrons. The number of methoxy groups -OCH3 is 2. The number of benzene rings is 2. The fourth-order valence-electron chi connectivity index (χ4n) is 3.52. The molecule has 0 aliphatic rings. The van der Waals surface area contributed by atoms with Gasteiger partial charge >= 0.3 is 0 Å². The summed E-state index contributed by atoms with van der Waals surface area (Å²) in [6.07, 6.45) is 4.97. The minimum atomic E-state index is -0.0721. The predicted octanol–water partition coefficient (Wildman–Crippen LogP) is 4.90. The number of hydrogen-bond donors (Lipinski definition) is 1. The Morgan fingerprint density at radius 1 is 1.06 bits per heavy atom. The highest BCUT2D eigenvalue weighted by Crippen LogP contribution is 2.31. The van der Waals surface area contributed by atoms with Gasteiger partial charge in [0, 0.05) is 24.4 Å². The number of pyridine rings is 1. The minimum absolute atomic E-state index is 0.0721. The van der Waals surface area contributed by atoms with Crippen LogP contribution in [0.2, 0.25) is 0 Å². The first-order valence-corrected chi connectivity index (χ1v) is 10.1. The van der Waals surface area contributed by atoms with Crippen molar-refractivity contribution in [1.82, 2.24) is 9.38 Å². The van der Waals surface area contributed by atoms with Gasteiger partial charge in [0.25, 0.3) is 0 Å². The molecule has 0 bridgehead atoms. The van der Waals surface area contributed by atoms with E-state index < -0.39 is 0 Å². The van der Waals surface area contributed by atoms with Crippen LogP contribution in [-0.4, -0.2) is 29.5 Å². The molecule has 0 spiro atoms. The van der Waals surface area contributed by atoms with Crippen LogP contribution in [0.25, 0.3) is 16.9 Å². The number of hydrogen-bond acceptors (Lipinski definition) is 4. The van der Waals surface area contributed by atoms with Crippen molar-refractivity contribution >= 4 is 17.2 Å². The molecular weight excluding hydrogens is 390 g/mol. The molecule has 6 heteroatoms. The Bertz CT molecular complexity index is 1210. The molecular formula is C25H25N3O3. The van der Waals surface area contributed by atoms with Gasteiger partial charge in [-0.3, -0.25) is 4.79 Å². The lowest BCUT2D eigenvalue weighted by atomic mass is 10.1. The Balaban J connectivity index is 1.51. The lowest BCUT2D eigenvalue weighted by Gasteiger charge is -2.12. The second kappa shape index (κ2) is 8.92. The third-order valence-electron chi connectivity index (χ3n) is 5.25. The van der Waals surface area contributed by atoms with Gasteiger partial charge in [-0.1, -0.05) is 18.2 Å². The van der Waals surface area contributed by atoms with E-state index in [-0.39, 0.29) is 5.91 Å². The van der Waals surface area contributed by atoms with Gasteiger partial charge in [0.2, 0.25) is 5.91 Å². The molecule has 0 atom stereocenters. The zero-order valence-corrected chi connectivity index (χ0v) is 17.9. The lowest BCUT2D eigenvalue weighted by molar-refractivity contribution is -0.116. The van der Waals surface area contributed by atoms with Crippen molar-refractivity contribution in [2.45, 2.75) is 19.8 Å². The highest BCUT2D eigenvalue weighted by Gasteiger charge is 2.12. The molecule has 1 amide bonds. The van der Waals surface area contributed by atoms with Crippen LogP contribution in [0.5, 0.6) is 11.5 Å². The van der Waals surface area contributed by atoms with Crippen molar-refractivity contribution < 1.29 is 14.3 Å². The van der Waals surface area contributed by atoms with Crippen LogP contribution in [0.3, 0.4) is 0 Å². The summed E-state index contributed by atoms with van der Waals surface area (Å²) in [5.41, 5.74) is 5.48. The highest BCUT2D eigenvalue weighted by atomic mass is 16.5. The van der Waals surface area contributed by atoms with E-state index in [1.54, 1.807) is 14.2 Å². The number of nitrogens with zero attached hydrogens (tertiary/aromatic N) is 2. The summed E-state index contributed by atoms with van der Waals surface area (Å²) in [5, 5.41) is 2.99. The molecule has 4 aromatic rings. The number of ether oxygens (including phenoxy) is 2. The maximum Gasteiger partial charge on any atom is 0.224 e. The molecule has 158 valence electrons. The van der Waals surface area contributed by atoms with Gasteiger partial charge in [-0.05, 0) is 60.9 Å². The molecule has 0 fully saturated rings. The monoisotopic (exact) mass is 415 g/mol. The fourth-order valence-corrected chi connectivity index (χ4v) is 3.52. The van der Waals surface area contributed by atoms with E-state index in [0.717, 1.165) is 33.8 Å². The normalized spacial score (nSPS) is 10.8. The van der Waals surface area contributed by atoms with E-state index in [0.29, 0.717) is 24.3 Å². The van der Waals surface area contributed by atoms with E-state index in [9.17, 15) is 4.79 Å². The molecule has 0 saturated heterocycles. The van der Waals surface area contributed by atoms with Gasteiger partial charge in [-0.15, -0.1) is 0 Å². The van der Waals surface area contributed by atoms with Gasteiger partial charge < -0.3 is 19.2 Å². The number of rotatable bonds is 7.